The van der Waals surface area contributed by atoms with E-state index < -0.39 is 26.1 Å². The van der Waals surface area contributed by atoms with Gasteiger partial charge in [0.2, 0.25) is 20.0 Å². The van der Waals surface area contributed by atoms with Gasteiger partial charge in [0.25, 0.3) is 0 Å². The summed E-state index contributed by atoms with van der Waals surface area (Å²) in [5.74, 6) is 0. The normalized spacial score (nSPS) is 19.4. The van der Waals surface area contributed by atoms with Crippen LogP contribution in [0.3, 0.4) is 0 Å². The summed E-state index contributed by atoms with van der Waals surface area (Å²) in [4.78, 5) is -0.235. The van der Waals surface area contributed by atoms with E-state index >= 15 is 0 Å². The zero-order valence-corrected chi connectivity index (χ0v) is 19.7. The third-order valence-corrected chi connectivity index (χ3v) is 9.83. The van der Waals surface area contributed by atoms with E-state index in [1.165, 1.54) is 45.0 Å². The Bertz CT molecular complexity index is 1160. The summed E-state index contributed by atoms with van der Waals surface area (Å²) in [6, 6.07) is 7.71. The van der Waals surface area contributed by atoms with Gasteiger partial charge in [0, 0.05) is 35.7 Å². The molecule has 12 heteroatoms. The summed E-state index contributed by atoms with van der Waals surface area (Å²) in [5.41, 5.74) is 0. The number of halogens is 4. The fraction of sp³-hybridized carbons (Fsp3) is 0.294. The van der Waals surface area contributed by atoms with Gasteiger partial charge in [-0.3, -0.25) is 0 Å². The topological polar surface area (TPSA) is 74.8 Å². The third-order valence-electron chi connectivity index (χ3n) is 4.52. The summed E-state index contributed by atoms with van der Waals surface area (Å²) in [5, 5.41) is 0.556. The van der Waals surface area contributed by atoms with Crippen molar-refractivity contribution in [3.63, 3.8) is 0 Å². The Kier molecular flexibility index (Phi) is 6.78. The molecule has 0 aliphatic carbocycles. The van der Waals surface area contributed by atoms with Crippen LogP contribution >= 0.6 is 46.4 Å². The van der Waals surface area contributed by atoms with Crippen LogP contribution in [0.4, 0.5) is 0 Å². The average molecular weight is 518 g/mol. The Morgan fingerprint density at radius 2 is 1.28 bits per heavy atom. The molecule has 1 aliphatic rings. The molecule has 0 bridgehead atoms. The summed E-state index contributed by atoms with van der Waals surface area (Å²) in [6.07, 6.45) is 0. The molecule has 3 rings (SSSR count). The van der Waals surface area contributed by atoms with Crippen molar-refractivity contribution in [1.82, 2.24) is 8.61 Å². The van der Waals surface area contributed by atoms with Gasteiger partial charge in [-0.1, -0.05) is 46.4 Å². The maximum atomic E-state index is 13.1. The smallest absolute Gasteiger partial charge is 0.207 e. The second-order valence-corrected chi connectivity index (χ2v) is 11.9. The van der Waals surface area contributed by atoms with Gasteiger partial charge >= 0.3 is 0 Å². The van der Waals surface area contributed by atoms with Crippen LogP contribution < -0.4 is 0 Å². The lowest BCUT2D eigenvalue weighted by Gasteiger charge is -2.38. The summed E-state index contributed by atoms with van der Waals surface area (Å²) in [6.45, 7) is 1.47. The van der Waals surface area contributed by atoms with Crippen molar-refractivity contribution in [2.75, 3.05) is 19.6 Å². The van der Waals surface area contributed by atoms with E-state index in [-0.39, 0.29) is 49.5 Å². The molecule has 1 aliphatic heterocycles. The van der Waals surface area contributed by atoms with E-state index in [1.54, 1.807) is 6.92 Å². The quantitative estimate of drug-likeness (QED) is 0.603. The first-order valence-corrected chi connectivity index (χ1v) is 12.8. The molecular weight excluding hydrogens is 502 g/mol. The predicted molar refractivity (Wildman–Crippen MR) is 115 cm³/mol. The zero-order chi connectivity index (χ0) is 21.6. The monoisotopic (exact) mass is 516 g/mol. The zero-order valence-electron chi connectivity index (χ0n) is 15.0. The van der Waals surface area contributed by atoms with Gasteiger partial charge in [-0.25, -0.2) is 16.8 Å². The molecule has 0 amide bonds. The van der Waals surface area contributed by atoms with E-state index in [1.807, 2.05) is 0 Å². The largest absolute Gasteiger partial charge is 0.244 e. The van der Waals surface area contributed by atoms with Crippen LogP contribution in [0.5, 0.6) is 0 Å². The molecule has 1 saturated heterocycles. The Balaban J connectivity index is 1.89. The number of benzene rings is 2. The lowest BCUT2D eigenvalue weighted by Crippen LogP contribution is -2.55. The van der Waals surface area contributed by atoms with Gasteiger partial charge in [0.15, 0.2) is 0 Å². The fourth-order valence-electron chi connectivity index (χ4n) is 3.10. The van der Waals surface area contributed by atoms with Crippen LogP contribution in [0, 0.1) is 0 Å². The second kappa shape index (κ2) is 8.51. The molecular formula is C17H16Cl4N2O4S2. The molecule has 2 aromatic rings. The van der Waals surface area contributed by atoms with Crippen molar-refractivity contribution in [1.29, 1.82) is 0 Å². The van der Waals surface area contributed by atoms with Crippen LogP contribution in [0.1, 0.15) is 6.92 Å². The Labute approximate surface area is 190 Å². The number of rotatable bonds is 4. The highest BCUT2D eigenvalue weighted by molar-refractivity contribution is 7.89. The van der Waals surface area contributed by atoms with Gasteiger partial charge in [0.05, 0.1) is 10.0 Å². The van der Waals surface area contributed by atoms with Gasteiger partial charge in [-0.2, -0.15) is 8.61 Å². The van der Waals surface area contributed by atoms with Crippen molar-refractivity contribution < 1.29 is 16.8 Å². The molecule has 29 heavy (non-hydrogen) atoms. The van der Waals surface area contributed by atoms with E-state index in [4.69, 9.17) is 46.4 Å². The minimum Gasteiger partial charge on any atom is -0.207 e. The van der Waals surface area contributed by atoms with Crippen molar-refractivity contribution in [2.24, 2.45) is 0 Å². The van der Waals surface area contributed by atoms with E-state index in [2.05, 4.69) is 0 Å². The van der Waals surface area contributed by atoms with Gasteiger partial charge in [0.1, 0.15) is 9.79 Å². The fourth-order valence-corrected chi connectivity index (χ4v) is 7.70. The van der Waals surface area contributed by atoms with Gasteiger partial charge < -0.3 is 0 Å². The predicted octanol–water partition coefficient (Wildman–Crippen LogP) is 4.38. The third kappa shape index (κ3) is 4.55. The first kappa shape index (κ1) is 23.1. The number of sulfonamides is 2. The molecule has 1 atom stereocenters. The van der Waals surface area contributed by atoms with Crippen molar-refractivity contribution in [2.45, 2.75) is 22.8 Å². The van der Waals surface area contributed by atoms with E-state index in [9.17, 15) is 16.8 Å². The van der Waals surface area contributed by atoms with Crippen molar-refractivity contribution in [3.8, 4) is 0 Å². The van der Waals surface area contributed by atoms with Crippen LogP contribution in [0.2, 0.25) is 20.1 Å². The first-order valence-electron chi connectivity index (χ1n) is 8.36. The molecule has 0 radical (unpaired) electrons. The summed E-state index contributed by atoms with van der Waals surface area (Å²) < 4.78 is 54.6. The molecule has 6 nitrogen and oxygen atoms in total. The van der Waals surface area contributed by atoms with Crippen LogP contribution in [0.25, 0.3) is 0 Å². The molecule has 1 fully saturated rings. The summed E-state index contributed by atoms with van der Waals surface area (Å²) >= 11 is 24.0. The summed E-state index contributed by atoms with van der Waals surface area (Å²) in [7, 11) is -7.91. The SMILES string of the molecule is C[C@H]1CN(S(=O)(=O)c2cc(Cl)ccc2Cl)CCN1S(=O)(=O)c1cc(Cl)ccc1Cl. The van der Waals surface area contributed by atoms with E-state index in [0.717, 1.165) is 0 Å². The Morgan fingerprint density at radius 1 is 0.793 bits per heavy atom. The number of hydrogen-bond donors (Lipinski definition) is 0. The lowest BCUT2D eigenvalue weighted by atomic mass is 10.3. The highest BCUT2D eigenvalue weighted by Crippen LogP contribution is 2.32. The Hall–Kier alpha value is -0.580. The first-order chi connectivity index (χ1) is 13.4. The van der Waals surface area contributed by atoms with Crippen molar-refractivity contribution in [3.05, 3.63) is 56.5 Å². The molecule has 0 spiro atoms. The minimum absolute atomic E-state index is 0.0439. The molecule has 0 N–H and O–H groups in total. The molecule has 0 unspecified atom stereocenters. The average Bonchev–Trinajstić information content (AvgIpc) is 2.65. The molecule has 0 aromatic heterocycles. The van der Waals surface area contributed by atoms with E-state index in [0.29, 0.717) is 0 Å². The minimum atomic E-state index is -3.96. The number of nitrogens with zero attached hydrogens (tertiary/aromatic N) is 2. The second-order valence-electron chi connectivity index (χ2n) is 6.48. The van der Waals surface area contributed by atoms with Crippen LogP contribution in [0.15, 0.2) is 46.2 Å². The highest BCUT2D eigenvalue weighted by Gasteiger charge is 2.39. The molecule has 2 aromatic carbocycles. The lowest BCUT2D eigenvalue weighted by molar-refractivity contribution is 0.212. The maximum Gasteiger partial charge on any atom is 0.244 e. The van der Waals surface area contributed by atoms with Gasteiger partial charge in [-0.05, 0) is 43.3 Å². The number of hydrogen-bond acceptors (Lipinski definition) is 4. The van der Waals surface area contributed by atoms with Crippen molar-refractivity contribution >= 4 is 66.5 Å². The number of piperazine rings is 1. The Morgan fingerprint density at radius 3 is 1.76 bits per heavy atom. The maximum absolute atomic E-state index is 13.1. The molecule has 1 heterocycles. The van der Waals surface area contributed by atoms with Crippen LogP contribution in [-0.4, -0.2) is 51.1 Å². The molecule has 158 valence electrons. The van der Waals surface area contributed by atoms with Gasteiger partial charge in [-0.15, -0.1) is 0 Å². The highest BCUT2D eigenvalue weighted by atomic mass is 35.5. The molecule has 0 saturated carbocycles. The standard InChI is InChI=1S/C17H16Cl4N2O4S2/c1-11-10-22(28(24,25)16-8-12(18)2-4-14(16)20)6-7-23(11)29(26,27)17-9-13(19)3-5-15(17)21/h2-5,8-9,11H,6-7,10H2,1H3/t11-/m0/s1. The van der Waals surface area contributed by atoms with Crippen LogP contribution in [-0.2, 0) is 20.0 Å².